The number of hydrogen-bond acceptors (Lipinski definition) is 3. The highest BCUT2D eigenvalue weighted by molar-refractivity contribution is 5.96. The molecule has 0 heterocycles. The van der Waals surface area contributed by atoms with E-state index in [2.05, 4.69) is 6.92 Å². The maximum atomic E-state index is 13.0. The van der Waals surface area contributed by atoms with Crippen LogP contribution in [0.3, 0.4) is 0 Å². The highest BCUT2D eigenvalue weighted by atomic mass is 16.1. The molecule has 6 atom stereocenters. The van der Waals surface area contributed by atoms with Gasteiger partial charge in [-0.1, -0.05) is 19.9 Å². The lowest BCUT2D eigenvalue weighted by atomic mass is 9.46. The Morgan fingerprint density at radius 1 is 1.09 bits per heavy atom. The maximum absolute atomic E-state index is 13.0. The molecule has 4 rings (SSSR count). The summed E-state index contributed by atoms with van der Waals surface area (Å²) < 4.78 is 0. The Labute approximate surface area is 131 Å². The fourth-order valence-electron chi connectivity index (χ4n) is 6.24. The summed E-state index contributed by atoms with van der Waals surface area (Å²) in [6.07, 6.45) is 8.34. The number of carbonyl (C=O) groups is 3. The van der Waals surface area contributed by atoms with Crippen molar-refractivity contribution in [3.05, 3.63) is 12.2 Å². The molecule has 0 aromatic heterocycles. The third-order valence-corrected chi connectivity index (χ3v) is 7.45. The highest BCUT2D eigenvalue weighted by Crippen LogP contribution is 2.63. The van der Waals surface area contributed by atoms with Gasteiger partial charge >= 0.3 is 0 Å². The smallest absolute Gasteiger partial charge is 0.155 e. The van der Waals surface area contributed by atoms with Crippen molar-refractivity contribution in [2.24, 2.45) is 34.5 Å². The van der Waals surface area contributed by atoms with Crippen molar-refractivity contribution >= 4 is 17.3 Å². The average molecular weight is 300 g/mol. The summed E-state index contributed by atoms with van der Waals surface area (Å²) in [4.78, 5) is 37.1. The Morgan fingerprint density at radius 3 is 2.64 bits per heavy atom. The van der Waals surface area contributed by atoms with Crippen LogP contribution in [0.2, 0.25) is 0 Å². The van der Waals surface area contributed by atoms with E-state index in [0.717, 1.165) is 19.3 Å². The number of Topliss-reactive ketones (excluding diaryl/α,β-unsaturated/α-hetero) is 2. The fraction of sp³-hybridized carbons (Fsp3) is 0.737. The quantitative estimate of drug-likeness (QED) is 0.690. The summed E-state index contributed by atoms with van der Waals surface area (Å²) in [5.74, 6) is 1.78. The van der Waals surface area contributed by atoms with Crippen LogP contribution in [0.1, 0.15) is 52.4 Å². The van der Waals surface area contributed by atoms with Crippen LogP contribution in [0.25, 0.3) is 0 Å². The predicted molar refractivity (Wildman–Crippen MR) is 82.0 cm³/mol. The largest absolute Gasteiger partial charge is 0.299 e. The number of ketones is 3. The summed E-state index contributed by atoms with van der Waals surface area (Å²) in [6, 6.07) is 0. The molecule has 0 N–H and O–H groups in total. The van der Waals surface area contributed by atoms with Gasteiger partial charge in [0.1, 0.15) is 11.6 Å². The second kappa shape index (κ2) is 4.39. The van der Waals surface area contributed by atoms with Crippen LogP contribution in [-0.2, 0) is 14.4 Å². The molecule has 118 valence electrons. The van der Waals surface area contributed by atoms with E-state index in [9.17, 15) is 14.4 Å². The standard InChI is InChI=1S/C19H24O3/c1-18-8-7-12(20)9-11(18)3-4-13-14-5-6-16(22)19(14,2)10-15(21)17(13)18/h7-8,11,13-14,17H,3-6,9-10H2,1-2H3/t11-,13?,14?,17?,18?,19?/m0/s1. The van der Waals surface area contributed by atoms with Gasteiger partial charge in [0.15, 0.2) is 5.78 Å². The first kappa shape index (κ1) is 14.3. The molecule has 3 saturated carbocycles. The lowest BCUT2D eigenvalue weighted by Gasteiger charge is -2.56. The van der Waals surface area contributed by atoms with E-state index in [1.54, 1.807) is 6.08 Å². The SMILES string of the molecule is CC12CC(=O)C3C(CC[C@H]4CC(=O)C=CC34C)C1CCC2=O. The Hall–Kier alpha value is -1.25. The first-order valence-corrected chi connectivity index (χ1v) is 8.64. The summed E-state index contributed by atoms with van der Waals surface area (Å²) >= 11 is 0. The lowest BCUT2D eigenvalue weighted by molar-refractivity contribution is -0.154. The van der Waals surface area contributed by atoms with Gasteiger partial charge in [0.25, 0.3) is 0 Å². The molecule has 3 nitrogen and oxygen atoms in total. The van der Waals surface area contributed by atoms with Crippen LogP contribution in [0.15, 0.2) is 12.2 Å². The van der Waals surface area contributed by atoms with Crippen LogP contribution < -0.4 is 0 Å². The van der Waals surface area contributed by atoms with E-state index in [-0.39, 0.29) is 22.9 Å². The van der Waals surface area contributed by atoms with Gasteiger partial charge in [0, 0.05) is 30.6 Å². The van der Waals surface area contributed by atoms with Crippen LogP contribution in [0.5, 0.6) is 0 Å². The molecule has 4 aliphatic rings. The van der Waals surface area contributed by atoms with Crippen molar-refractivity contribution < 1.29 is 14.4 Å². The van der Waals surface area contributed by atoms with E-state index < -0.39 is 5.41 Å². The van der Waals surface area contributed by atoms with Crippen molar-refractivity contribution in [1.29, 1.82) is 0 Å². The maximum Gasteiger partial charge on any atom is 0.155 e. The van der Waals surface area contributed by atoms with Crippen LogP contribution in [0.4, 0.5) is 0 Å². The van der Waals surface area contributed by atoms with Gasteiger partial charge in [0.05, 0.1) is 0 Å². The van der Waals surface area contributed by atoms with Gasteiger partial charge in [-0.15, -0.1) is 0 Å². The molecule has 3 heteroatoms. The molecule has 0 aromatic rings. The van der Waals surface area contributed by atoms with Gasteiger partial charge in [-0.25, -0.2) is 0 Å². The van der Waals surface area contributed by atoms with Crippen molar-refractivity contribution in [3.8, 4) is 0 Å². The van der Waals surface area contributed by atoms with E-state index in [4.69, 9.17) is 0 Å². The normalized spacial score (nSPS) is 50.5. The van der Waals surface area contributed by atoms with Crippen molar-refractivity contribution in [2.45, 2.75) is 52.4 Å². The molecule has 0 saturated heterocycles. The van der Waals surface area contributed by atoms with Crippen LogP contribution in [-0.4, -0.2) is 17.3 Å². The molecule has 0 amide bonds. The summed E-state index contributed by atoms with van der Waals surface area (Å²) in [7, 11) is 0. The third kappa shape index (κ3) is 1.65. The van der Waals surface area contributed by atoms with Gasteiger partial charge in [-0.2, -0.15) is 0 Å². The molecular formula is C19H24O3. The molecule has 0 aromatic carbocycles. The zero-order chi connectivity index (χ0) is 15.7. The average Bonchev–Trinajstić information content (AvgIpc) is 2.75. The van der Waals surface area contributed by atoms with Gasteiger partial charge in [-0.3, -0.25) is 14.4 Å². The Kier molecular flexibility index (Phi) is 2.87. The number of fused-ring (bicyclic) bond motifs is 5. The van der Waals surface area contributed by atoms with E-state index in [1.807, 2.05) is 13.0 Å². The highest BCUT2D eigenvalue weighted by Gasteiger charge is 2.62. The molecule has 0 aliphatic heterocycles. The van der Waals surface area contributed by atoms with E-state index in [1.165, 1.54) is 0 Å². The third-order valence-electron chi connectivity index (χ3n) is 7.45. The summed E-state index contributed by atoms with van der Waals surface area (Å²) in [6.45, 7) is 4.20. The summed E-state index contributed by atoms with van der Waals surface area (Å²) in [5.41, 5.74) is -0.587. The Balaban J connectivity index is 1.77. The van der Waals surface area contributed by atoms with Gasteiger partial charge in [0.2, 0.25) is 0 Å². The molecule has 4 aliphatic carbocycles. The minimum absolute atomic E-state index is 0.0135. The molecule has 3 fully saturated rings. The van der Waals surface area contributed by atoms with Crippen LogP contribution >= 0.6 is 0 Å². The molecule has 22 heavy (non-hydrogen) atoms. The number of rotatable bonds is 0. The Bertz CT molecular complexity index is 604. The zero-order valence-electron chi connectivity index (χ0n) is 13.4. The van der Waals surface area contributed by atoms with E-state index >= 15 is 0 Å². The van der Waals surface area contributed by atoms with Gasteiger partial charge < -0.3 is 0 Å². The minimum Gasteiger partial charge on any atom is -0.299 e. The first-order valence-electron chi connectivity index (χ1n) is 8.64. The zero-order valence-corrected chi connectivity index (χ0v) is 13.4. The van der Waals surface area contributed by atoms with E-state index in [0.29, 0.717) is 42.8 Å². The minimum atomic E-state index is -0.407. The number of carbonyl (C=O) groups excluding carboxylic acids is 3. The topological polar surface area (TPSA) is 51.2 Å². The Morgan fingerprint density at radius 2 is 1.86 bits per heavy atom. The van der Waals surface area contributed by atoms with Crippen molar-refractivity contribution in [2.75, 3.05) is 0 Å². The molecule has 0 bridgehead atoms. The van der Waals surface area contributed by atoms with Crippen molar-refractivity contribution in [1.82, 2.24) is 0 Å². The van der Waals surface area contributed by atoms with Gasteiger partial charge in [-0.05, 0) is 48.5 Å². The number of hydrogen-bond donors (Lipinski definition) is 0. The monoisotopic (exact) mass is 300 g/mol. The number of allylic oxidation sites excluding steroid dienone is 2. The predicted octanol–water partition coefficient (Wildman–Crippen LogP) is 3.12. The summed E-state index contributed by atoms with van der Waals surface area (Å²) in [5, 5.41) is 0. The second-order valence-electron chi connectivity index (χ2n) is 8.41. The first-order chi connectivity index (χ1) is 10.4. The fourth-order valence-corrected chi connectivity index (χ4v) is 6.24. The molecule has 0 radical (unpaired) electrons. The van der Waals surface area contributed by atoms with Crippen molar-refractivity contribution in [3.63, 3.8) is 0 Å². The lowest BCUT2D eigenvalue weighted by Crippen LogP contribution is -2.56. The molecule has 0 spiro atoms. The molecular weight excluding hydrogens is 276 g/mol. The van der Waals surface area contributed by atoms with Crippen LogP contribution in [0, 0.1) is 34.5 Å². The second-order valence-corrected chi connectivity index (χ2v) is 8.41. The molecule has 5 unspecified atom stereocenters.